The molecule has 1 atom stereocenters. The maximum absolute atomic E-state index is 4.24. The molecular weight excluding hydrogens is 406 g/mol. The van der Waals surface area contributed by atoms with Crippen LogP contribution >= 0.6 is 28.8 Å². The van der Waals surface area contributed by atoms with Gasteiger partial charge in [0, 0.05) is 0 Å². The van der Waals surface area contributed by atoms with Crippen LogP contribution in [0.1, 0.15) is 19.8 Å². The Hall–Kier alpha value is -1.00. The second-order valence-electron chi connectivity index (χ2n) is 6.25. The molecule has 0 bridgehead atoms. The molecule has 3 rings (SSSR count). The predicted molar refractivity (Wildman–Crippen MR) is 122 cm³/mol. The van der Waals surface area contributed by atoms with Gasteiger partial charge < -0.3 is 0 Å². The number of hydrogen-bond donors (Lipinski definition) is 0. The van der Waals surface area contributed by atoms with E-state index in [2.05, 4.69) is 113 Å². The van der Waals surface area contributed by atoms with Gasteiger partial charge in [0.1, 0.15) is 0 Å². The number of benzene rings is 3. The minimum atomic E-state index is -2.08. The molecule has 0 aliphatic rings. The van der Waals surface area contributed by atoms with E-state index in [-0.39, 0.29) is 6.31 Å². The molecular formula is C22H25BrP2. The molecule has 0 spiro atoms. The summed E-state index contributed by atoms with van der Waals surface area (Å²) in [6, 6.07) is 33.6. The summed E-state index contributed by atoms with van der Waals surface area (Å²) in [6.45, 7) is 0.202. The van der Waals surface area contributed by atoms with Crippen LogP contribution in [0.25, 0.3) is 0 Å². The van der Waals surface area contributed by atoms with E-state index >= 15 is 0 Å². The van der Waals surface area contributed by atoms with Crippen LogP contribution in [0.4, 0.5) is 0 Å². The molecule has 3 aromatic rings. The predicted octanol–water partition coefficient (Wildman–Crippen LogP) is 6.22. The number of rotatable bonds is 7. The third kappa shape index (κ3) is 3.90. The summed E-state index contributed by atoms with van der Waals surface area (Å²) in [5, 5.41) is 4.52. The first-order valence-electron chi connectivity index (χ1n) is 8.90. The molecule has 0 radical (unpaired) electrons. The molecule has 0 amide bonds. The van der Waals surface area contributed by atoms with Crippen LogP contribution in [-0.4, -0.2) is 6.16 Å². The zero-order valence-electron chi connectivity index (χ0n) is 14.6. The first-order valence-corrected chi connectivity index (χ1v) is 15.3. The van der Waals surface area contributed by atoms with Crippen LogP contribution in [0.2, 0.25) is 0 Å². The molecule has 0 aromatic heterocycles. The SMILES string of the molecule is CCCCP(Br)[PH](c1ccccc1)(c1ccccc1)c1ccccc1. The van der Waals surface area contributed by atoms with Crippen LogP contribution in [0.15, 0.2) is 91.0 Å². The van der Waals surface area contributed by atoms with Crippen molar-refractivity contribution < 1.29 is 0 Å². The Bertz CT molecular complexity index is 663. The Kier molecular flexibility index (Phi) is 6.83. The second kappa shape index (κ2) is 9.09. The summed E-state index contributed by atoms with van der Waals surface area (Å²) in [6.07, 6.45) is 3.47. The third-order valence-corrected chi connectivity index (χ3v) is 20.6. The van der Waals surface area contributed by atoms with Crippen molar-refractivity contribution >= 4 is 44.7 Å². The fraction of sp³-hybridized carbons (Fsp3) is 0.182. The number of halogens is 1. The van der Waals surface area contributed by atoms with Crippen molar-refractivity contribution in [2.24, 2.45) is 0 Å². The molecule has 0 nitrogen and oxygen atoms in total. The molecule has 0 aliphatic heterocycles. The zero-order chi connectivity index (χ0) is 17.5. The van der Waals surface area contributed by atoms with E-state index in [1.165, 1.54) is 34.9 Å². The molecule has 0 saturated carbocycles. The van der Waals surface area contributed by atoms with E-state index in [0.717, 1.165) is 0 Å². The van der Waals surface area contributed by atoms with Crippen LogP contribution in [0.3, 0.4) is 0 Å². The van der Waals surface area contributed by atoms with E-state index in [1.54, 1.807) is 0 Å². The molecule has 0 fully saturated rings. The van der Waals surface area contributed by atoms with Gasteiger partial charge in [0.05, 0.1) is 0 Å². The molecule has 0 heterocycles. The second-order valence-corrected chi connectivity index (χ2v) is 18.7. The van der Waals surface area contributed by atoms with E-state index in [4.69, 9.17) is 0 Å². The van der Waals surface area contributed by atoms with Gasteiger partial charge in [0.2, 0.25) is 0 Å². The molecule has 0 aliphatic carbocycles. The summed E-state index contributed by atoms with van der Waals surface area (Å²) in [5.41, 5.74) is 0. The first kappa shape index (κ1) is 18.8. The molecule has 1 unspecified atom stereocenters. The van der Waals surface area contributed by atoms with Crippen LogP contribution in [0, 0.1) is 0 Å². The van der Waals surface area contributed by atoms with Crippen molar-refractivity contribution in [2.75, 3.05) is 6.16 Å². The fourth-order valence-electron chi connectivity index (χ4n) is 3.42. The number of hydrogen-bond acceptors (Lipinski definition) is 0. The van der Waals surface area contributed by atoms with Crippen LogP contribution in [0.5, 0.6) is 0 Å². The molecule has 0 N–H and O–H groups in total. The normalized spacial score (nSPS) is 13.4. The standard InChI is InChI=1S/C22H25BrP2/c1-2-3-19-24(23)25(20-13-7-4-8-14-20,21-15-9-5-10-16-21)22-17-11-6-12-18-22/h4-18,25H,2-3,19H2,1H3. The van der Waals surface area contributed by atoms with Gasteiger partial charge in [-0.3, -0.25) is 0 Å². The van der Waals surface area contributed by atoms with Gasteiger partial charge in [-0.1, -0.05) is 0 Å². The van der Waals surface area contributed by atoms with Gasteiger partial charge in [-0.2, -0.15) is 0 Å². The van der Waals surface area contributed by atoms with Crippen LogP contribution < -0.4 is 15.9 Å². The average Bonchev–Trinajstić information content (AvgIpc) is 2.69. The number of unbranched alkanes of at least 4 members (excludes halogenated alkanes) is 1. The van der Waals surface area contributed by atoms with Crippen molar-refractivity contribution in [3.63, 3.8) is 0 Å². The van der Waals surface area contributed by atoms with Crippen LogP contribution in [-0.2, 0) is 0 Å². The van der Waals surface area contributed by atoms with E-state index in [1.807, 2.05) is 0 Å². The van der Waals surface area contributed by atoms with Crippen molar-refractivity contribution in [1.82, 2.24) is 0 Å². The topological polar surface area (TPSA) is 0 Å². The molecule has 3 heteroatoms. The fourth-order valence-corrected chi connectivity index (χ4v) is 19.8. The summed E-state index contributed by atoms with van der Waals surface area (Å²) in [4.78, 5) is 0. The Labute approximate surface area is 161 Å². The summed E-state index contributed by atoms with van der Waals surface area (Å²) < 4.78 is 0. The van der Waals surface area contributed by atoms with E-state index in [0.29, 0.717) is 0 Å². The van der Waals surface area contributed by atoms with Gasteiger partial charge in [-0.25, -0.2) is 0 Å². The Morgan fingerprint density at radius 3 is 1.36 bits per heavy atom. The molecule has 3 aromatic carbocycles. The quantitative estimate of drug-likeness (QED) is 0.390. The molecule has 25 heavy (non-hydrogen) atoms. The maximum atomic E-state index is 4.24. The third-order valence-electron chi connectivity index (χ3n) is 4.65. The van der Waals surface area contributed by atoms with Crippen molar-refractivity contribution in [3.05, 3.63) is 91.0 Å². The molecule has 130 valence electrons. The Morgan fingerprint density at radius 1 is 0.680 bits per heavy atom. The monoisotopic (exact) mass is 430 g/mol. The van der Waals surface area contributed by atoms with Gasteiger partial charge in [0.15, 0.2) is 0 Å². The van der Waals surface area contributed by atoms with Gasteiger partial charge >= 0.3 is 162 Å². The van der Waals surface area contributed by atoms with Crippen molar-refractivity contribution in [2.45, 2.75) is 19.8 Å². The average molecular weight is 431 g/mol. The van der Waals surface area contributed by atoms with Crippen molar-refractivity contribution in [1.29, 1.82) is 0 Å². The van der Waals surface area contributed by atoms with E-state index < -0.39 is 6.95 Å². The summed E-state index contributed by atoms with van der Waals surface area (Å²) in [5.74, 6) is 0. The zero-order valence-corrected chi connectivity index (χ0v) is 18.1. The van der Waals surface area contributed by atoms with E-state index in [9.17, 15) is 0 Å². The first-order chi connectivity index (χ1) is 12.3. The van der Waals surface area contributed by atoms with Gasteiger partial charge in [-0.15, -0.1) is 0 Å². The Morgan fingerprint density at radius 2 is 1.04 bits per heavy atom. The Balaban J connectivity index is 2.28. The minimum absolute atomic E-state index is 0.312. The van der Waals surface area contributed by atoms with Gasteiger partial charge in [-0.05, 0) is 0 Å². The summed E-state index contributed by atoms with van der Waals surface area (Å²) >= 11 is 4.24. The summed E-state index contributed by atoms with van der Waals surface area (Å²) in [7, 11) is 0. The van der Waals surface area contributed by atoms with Crippen molar-refractivity contribution in [3.8, 4) is 0 Å². The van der Waals surface area contributed by atoms with Gasteiger partial charge in [0.25, 0.3) is 0 Å². The molecule has 0 saturated heterocycles.